The van der Waals surface area contributed by atoms with Crippen LogP contribution >= 0.6 is 0 Å². The van der Waals surface area contributed by atoms with Crippen LogP contribution in [-0.2, 0) is 4.79 Å². The van der Waals surface area contributed by atoms with Gasteiger partial charge in [0.25, 0.3) is 17.5 Å². The Morgan fingerprint density at radius 1 is 1.30 bits per heavy atom. The number of carbonyl (C=O) groups is 3. The molecule has 1 unspecified atom stereocenters. The van der Waals surface area contributed by atoms with Gasteiger partial charge in [-0.15, -0.1) is 6.42 Å². The molecule has 120 valence electrons. The number of nitrogens with zero attached hydrogens (tertiary/aromatic N) is 1. The Kier molecular flexibility index (Phi) is 4.01. The highest BCUT2D eigenvalue weighted by atomic mass is 19.4. The first-order chi connectivity index (χ1) is 10.7. The number of carbonyl (C=O) groups excluding carboxylic acids is 3. The summed E-state index contributed by atoms with van der Waals surface area (Å²) in [5.74, 6) is -0.942. The second-order valence-electron chi connectivity index (χ2n) is 4.59. The van der Waals surface area contributed by atoms with E-state index in [4.69, 9.17) is 6.42 Å². The quantitative estimate of drug-likeness (QED) is 0.639. The van der Waals surface area contributed by atoms with E-state index in [1.165, 1.54) is 29.6 Å². The molecule has 0 aromatic heterocycles. The van der Waals surface area contributed by atoms with E-state index >= 15 is 0 Å². The van der Waals surface area contributed by atoms with E-state index in [1.807, 2.05) is 5.92 Å². The third-order valence-electron chi connectivity index (χ3n) is 3.12. The van der Waals surface area contributed by atoms with Crippen molar-refractivity contribution in [3.8, 4) is 12.3 Å². The maximum Gasteiger partial charge on any atom is 0.440 e. The number of urea groups is 1. The van der Waals surface area contributed by atoms with Crippen molar-refractivity contribution in [3.05, 3.63) is 35.9 Å². The van der Waals surface area contributed by atoms with Crippen molar-refractivity contribution in [3.63, 3.8) is 0 Å². The third kappa shape index (κ3) is 2.70. The van der Waals surface area contributed by atoms with Crippen LogP contribution in [0, 0.1) is 12.3 Å². The van der Waals surface area contributed by atoms with Crippen LogP contribution in [0.2, 0.25) is 0 Å². The lowest BCUT2D eigenvalue weighted by Crippen LogP contribution is -2.69. The van der Waals surface area contributed by atoms with Crippen LogP contribution in [0.25, 0.3) is 0 Å². The predicted molar refractivity (Wildman–Crippen MR) is 71.8 cm³/mol. The zero-order chi connectivity index (χ0) is 17.3. The molecule has 0 aliphatic carbocycles. The summed E-state index contributed by atoms with van der Waals surface area (Å²) in [4.78, 5) is 35.9. The van der Waals surface area contributed by atoms with Gasteiger partial charge in [0.2, 0.25) is 0 Å². The van der Waals surface area contributed by atoms with Gasteiger partial charge in [0.05, 0.1) is 6.54 Å². The van der Waals surface area contributed by atoms with Crippen molar-refractivity contribution in [2.24, 2.45) is 0 Å². The standard InChI is InChI=1S/C14H10F3N3O3/c1-2-8-20-11(22)13(14(15,16)17,19-12(20)23)18-10(21)9-6-4-3-5-7-9/h1,3-7H,8H2,(H,18,21)(H,19,23). The number of nitrogens with one attached hydrogen (secondary N) is 2. The molecule has 0 saturated carbocycles. The highest BCUT2D eigenvalue weighted by molar-refractivity contribution is 6.10. The Balaban J connectivity index is 2.40. The number of alkyl halides is 3. The maximum absolute atomic E-state index is 13.4. The van der Waals surface area contributed by atoms with Crippen LogP contribution in [0.15, 0.2) is 30.3 Å². The number of amides is 4. The molecule has 2 rings (SSSR count). The molecule has 1 aromatic rings. The van der Waals surface area contributed by atoms with Gasteiger partial charge in [-0.3, -0.25) is 14.9 Å². The summed E-state index contributed by atoms with van der Waals surface area (Å²) >= 11 is 0. The summed E-state index contributed by atoms with van der Waals surface area (Å²) in [5, 5.41) is 3.04. The lowest BCUT2D eigenvalue weighted by Gasteiger charge is -2.29. The third-order valence-corrected chi connectivity index (χ3v) is 3.12. The SMILES string of the molecule is C#CCN1C(=O)NC(NC(=O)c2ccccc2)(C(F)(F)F)C1=O. The topological polar surface area (TPSA) is 78.5 Å². The lowest BCUT2D eigenvalue weighted by molar-refractivity contribution is -0.200. The summed E-state index contributed by atoms with van der Waals surface area (Å²) in [6.45, 7) is -0.649. The number of terminal acetylenes is 1. The van der Waals surface area contributed by atoms with Crippen molar-refractivity contribution in [2.45, 2.75) is 11.8 Å². The number of benzene rings is 1. The number of rotatable bonds is 3. The molecule has 1 aromatic carbocycles. The van der Waals surface area contributed by atoms with Gasteiger partial charge >= 0.3 is 12.2 Å². The Hall–Kier alpha value is -3.02. The monoisotopic (exact) mass is 325 g/mol. The fraction of sp³-hybridized carbons (Fsp3) is 0.214. The summed E-state index contributed by atoms with van der Waals surface area (Å²) in [5.41, 5.74) is -3.65. The molecule has 1 fully saturated rings. The van der Waals surface area contributed by atoms with E-state index in [0.29, 0.717) is 0 Å². The molecular weight excluding hydrogens is 315 g/mol. The first-order valence-electron chi connectivity index (χ1n) is 6.25. The molecule has 1 aliphatic rings. The normalized spacial score (nSPS) is 20.9. The molecule has 23 heavy (non-hydrogen) atoms. The highest BCUT2D eigenvalue weighted by Crippen LogP contribution is 2.33. The number of hydrogen-bond donors (Lipinski definition) is 2. The Morgan fingerprint density at radius 2 is 1.91 bits per heavy atom. The first kappa shape index (κ1) is 16.4. The van der Waals surface area contributed by atoms with Gasteiger partial charge in [-0.1, -0.05) is 24.1 Å². The molecule has 1 saturated heterocycles. The van der Waals surface area contributed by atoms with Gasteiger partial charge in [-0.25, -0.2) is 9.69 Å². The zero-order valence-corrected chi connectivity index (χ0v) is 11.5. The Morgan fingerprint density at radius 3 is 2.43 bits per heavy atom. The molecule has 6 nitrogen and oxygen atoms in total. The first-order valence-corrected chi connectivity index (χ1v) is 6.25. The molecular formula is C14H10F3N3O3. The van der Waals surface area contributed by atoms with Crippen molar-refractivity contribution in [1.29, 1.82) is 0 Å². The maximum atomic E-state index is 13.4. The van der Waals surface area contributed by atoms with E-state index in [1.54, 1.807) is 11.4 Å². The average Bonchev–Trinajstić information content (AvgIpc) is 2.73. The van der Waals surface area contributed by atoms with Crippen LogP contribution in [0.1, 0.15) is 10.4 Å². The Bertz CT molecular complexity index is 697. The van der Waals surface area contributed by atoms with Gasteiger partial charge in [0.15, 0.2) is 0 Å². The second kappa shape index (κ2) is 5.64. The van der Waals surface area contributed by atoms with E-state index in [-0.39, 0.29) is 10.5 Å². The molecule has 1 heterocycles. The van der Waals surface area contributed by atoms with Crippen molar-refractivity contribution in [2.75, 3.05) is 6.54 Å². The van der Waals surface area contributed by atoms with Gasteiger partial charge in [0.1, 0.15) is 0 Å². The largest absolute Gasteiger partial charge is 0.440 e. The second-order valence-corrected chi connectivity index (χ2v) is 4.59. The van der Waals surface area contributed by atoms with Crippen LogP contribution in [0.5, 0.6) is 0 Å². The van der Waals surface area contributed by atoms with E-state index < -0.39 is 36.2 Å². The van der Waals surface area contributed by atoms with Crippen LogP contribution < -0.4 is 10.6 Å². The minimum atomic E-state index is -5.26. The van der Waals surface area contributed by atoms with Gasteiger partial charge in [-0.05, 0) is 12.1 Å². The average molecular weight is 325 g/mol. The molecule has 1 aliphatic heterocycles. The number of imide groups is 1. The summed E-state index contributed by atoms with van der Waals surface area (Å²) in [7, 11) is 0. The lowest BCUT2D eigenvalue weighted by atomic mass is 10.1. The van der Waals surface area contributed by atoms with Crippen LogP contribution in [-0.4, -0.2) is 41.1 Å². The van der Waals surface area contributed by atoms with Crippen molar-refractivity contribution >= 4 is 17.8 Å². The fourth-order valence-corrected chi connectivity index (χ4v) is 1.99. The minimum Gasteiger partial charge on any atom is -0.314 e. The molecule has 4 amide bonds. The summed E-state index contributed by atoms with van der Waals surface area (Å²) < 4.78 is 40.2. The fourth-order valence-electron chi connectivity index (χ4n) is 1.99. The summed E-state index contributed by atoms with van der Waals surface area (Å²) in [6, 6.07) is 5.63. The number of halogens is 3. The van der Waals surface area contributed by atoms with E-state index in [0.717, 1.165) is 0 Å². The van der Waals surface area contributed by atoms with E-state index in [2.05, 4.69) is 0 Å². The number of hydrogen-bond acceptors (Lipinski definition) is 3. The smallest absolute Gasteiger partial charge is 0.314 e. The van der Waals surface area contributed by atoms with Crippen LogP contribution in [0.3, 0.4) is 0 Å². The predicted octanol–water partition coefficient (Wildman–Crippen LogP) is 0.860. The van der Waals surface area contributed by atoms with Crippen molar-refractivity contribution < 1.29 is 27.6 Å². The van der Waals surface area contributed by atoms with Crippen molar-refractivity contribution in [1.82, 2.24) is 15.5 Å². The molecule has 9 heteroatoms. The van der Waals surface area contributed by atoms with Gasteiger partial charge in [-0.2, -0.15) is 13.2 Å². The highest BCUT2D eigenvalue weighted by Gasteiger charge is 2.68. The zero-order valence-electron chi connectivity index (χ0n) is 11.5. The van der Waals surface area contributed by atoms with Gasteiger partial charge in [0, 0.05) is 5.56 Å². The van der Waals surface area contributed by atoms with E-state index in [9.17, 15) is 27.6 Å². The molecule has 1 atom stereocenters. The Labute approximate surface area is 128 Å². The molecule has 0 bridgehead atoms. The molecule has 0 spiro atoms. The minimum absolute atomic E-state index is 0.103. The molecule has 2 N–H and O–H groups in total. The summed E-state index contributed by atoms with van der Waals surface area (Å²) in [6.07, 6.45) is -0.326. The molecule has 0 radical (unpaired) electrons. The van der Waals surface area contributed by atoms with Gasteiger partial charge < -0.3 is 5.32 Å². The van der Waals surface area contributed by atoms with Crippen LogP contribution in [0.4, 0.5) is 18.0 Å².